The highest BCUT2D eigenvalue weighted by Crippen LogP contribution is 2.26. The normalized spacial score (nSPS) is 18.0. The van der Waals surface area contributed by atoms with E-state index in [-0.39, 0.29) is 23.9 Å². The summed E-state index contributed by atoms with van der Waals surface area (Å²) in [6.45, 7) is 0.741. The maximum Gasteiger partial charge on any atom is 0.255 e. The van der Waals surface area contributed by atoms with E-state index in [0.29, 0.717) is 28.3 Å². The zero-order valence-electron chi connectivity index (χ0n) is 14.7. The Morgan fingerprint density at radius 1 is 1.11 bits per heavy atom. The van der Waals surface area contributed by atoms with Gasteiger partial charge in [-0.25, -0.2) is 4.39 Å². The minimum absolute atomic E-state index is 0.0938. The molecule has 0 aromatic heterocycles. The maximum atomic E-state index is 13.2. The van der Waals surface area contributed by atoms with Crippen molar-refractivity contribution in [2.45, 2.75) is 25.3 Å². The van der Waals surface area contributed by atoms with Crippen molar-refractivity contribution in [1.29, 1.82) is 0 Å². The number of rotatable bonds is 5. The van der Waals surface area contributed by atoms with Gasteiger partial charge in [0.25, 0.3) is 5.91 Å². The van der Waals surface area contributed by atoms with Gasteiger partial charge < -0.3 is 10.6 Å². The van der Waals surface area contributed by atoms with Crippen LogP contribution in [0.15, 0.2) is 60.3 Å². The van der Waals surface area contributed by atoms with Crippen LogP contribution in [0.3, 0.4) is 0 Å². The molecule has 1 amide bonds. The van der Waals surface area contributed by atoms with Gasteiger partial charge in [0.2, 0.25) is 0 Å². The summed E-state index contributed by atoms with van der Waals surface area (Å²) in [5.74, 6) is -0.590. The highest BCUT2D eigenvalue weighted by molar-refractivity contribution is 6.49. The molecular weight excluding hydrogens is 367 g/mol. The third kappa shape index (κ3) is 5.02. The summed E-state index contributed by atoms with van der Waals surface area (Å²) < 4.78 is 13.2. The molecule has 1 atom stereocenters. The highest BCUT2D eigenvalue weighted by Gasteiger charge is 2.25. The average Bonchev–Trinajstić information content (AvgIpc) is 2.69. The maximum absolute atomic E-state index is 13.2. The second kappa shape index (κ2) is 8.93. The molecule has 4 nitrogen and oxygen atoms in total. The first kappa shape index (κ1) is 19.3. The van der Waals surface area contributed by atoms with Crippen LogP contribution in [0.2, 0.25) is 0 Å². The van der Waals surface area contributed by atoms with E-state index in [2.05, 4.69) is 10.6 Å². The third-order valence-electron chi connectivity index (χ3n) is 4.45. The molecule has 0 aliphatic carbocycles. The molecule has 1 heterocycles. The van der Waals surface area contributed by atoms with Gasteiger partial charge in [-0.05, 0) is 42.8 Å². The molecule has 0 radical (unpaired) electrons. The van der Waals surface area contributed by atoms with Gasteiger partial charge in [0.05, 0.1) is 11.1 Å². The van der Waals surface area contributed by atoms with Crippen molar-refractivity contribution >= 4 is 28.3 Å². The van der Waals surface area contributed by atoms with Crippen molar-refractivity contribution in [3.8, 4) is 0 Å². The van der Waals surface area contributed by atoms with E-state index >= 15 is 0 Å². The zero-order chi connectivity index (χ0) is 19.2. The van der Waals surface area contributed by atoms with Gasteiger partial charge in [-0.15, -0.1) is 0 Å². The molecule has 0 bridgehead atoms. The second-order valence-electron chi connectivity index (χ2n) is 6.40. The van der Waals surface area contributed by atoms with Gasteiger partial charge in [-0.3, -0.25) is 9.59 Å². The van der Waals surface area contributed by atoms with Crippen LogP contribution < -0.4 is 10.6 Å². The summed E-state index contributed by atoms with van der Waals surface area (Å²) in [4.78, 5) is 24.8. The van der Waals surface area contributed by atoms with E-state index < -0.39 is 6.04 Å². The first-order valence-corrected chi connectivity index (χ1v) is 9.19. The number of nitrogens with one attached hydrogen (secondary N) is 2. The molecule has 2 aromatic rings. The fraction of sp³-hybridized carbons (Fsp3) is 0.238. The van der Waals surface area contributed by atoms with Crippen LogP contribution in [0.4, 0.5) is 4.39 Å². The summed E-state index contributed by atoms with van der Waals surface area (Å²) in [7, 11) is 0. The van der Waals surface area contributed by atoms with Crippen LogP contribution in [0.5, 0.6) is 0 Å². The number of hydrogen-bond donors (Lipinski definition) is 2. The van der Waals surface area contributed by atoms with Gasteiger partial charge >= 0.3 is 0 Å². The minimum atomic E-state index is -0.404. The molecule has 2 aromatic carbocycles. The van der Waals surface area contributed by atoms with E-state index in [0.717, 1.165) is 13.0 Å². The van der Waals surface area contributed by atoms with E-state index in [1.165, 1.54) is 12.1 Å². The third-order valence-corrected chi connectivity index (χ3v) is 4.90. The van der Waals surface area contributed by atoms with Crippen molar-refractivity contribution in [2.75, 3.05) is 6.54 Å². The number of hydrogen-bond acceptors (Lipinski definition) is 3. The van der Waals surface area contributed by atoms with Crippen LogP contribution in [0, 0.1) is 5.82 Å². The van der Waals surface area contributed by atoms with E-state index in [9.17, 15) is 14.0 Å². The lowest BCUT2D eigenvalue weighted by Gasteiger charge is -2.24. The van der Waals surface area contributed by atoms with E-state index in [1.807, 2.05) is 6.07 Å². The summed E-state index contributed by atoms with van der Waals surface area (Å²) in [5, 5.41) is 6.30. The number of Topliss-reactive ketones (excluding diaryl/α,β-unsaturated/α-hetero) is 1. The minimum Gasteiger partial charge on any atom is -0.324 e. The summed E-state index contributed by atoms with van der Waals surface area (Å²) in [5.41, 5.74) is 1.50. The molecule has 1 fully saturated rings. The molecule has 140 valence electrons. The van der Waals surface area contributed by atoms with Gasteiger partial charge in [0.15, 0.2) is 0 Å². The van der Waals surface area contributed by atoms with Gasteiger partial charge in [-0.1, -0.05) is 41.9 Å². The summed E-state index contributed by atoms with van der Waals surface area (Å²) in [6, 6.07) is 14.0. The number of carbonyl (C=O) groups excluding carboxylic acids is 2. The largest absolute Gasteiger partial charge is 0.324 e. The smallest absolute Gasteiger partial charge is 0.255 e. The number of piperidine rings is 1. The Balaban J connectivity index is 1.90. The Morgan fingerprint density at radius 3 is 2.48 bits per heavy atom. The molecule has 27 heavy (non-hydrogen) atoms. The lowest BCUT2D eigenvalue weighted by atomic mass is 9.98. The van der Waals surface area contributed by atoms with Crippen LogP contribution in [-0.4, -0.2) is 24.3 Å². The number of ketones is 1. The number of carbonyl (C=O) groups is 2. The van der Waals surface area contributed by atoms with E-state index in [4.69, 9.17) is 11.6 Å². The monoisotopic (exact) mass is 386 g/mol. The van der Waals surface area contributed by atoms with Crippen LogP contribution in [-0.2, 0) is 4.79 Å². The number of amides is 1. The van der Waals surface area contributed by atoms with Crippen molar-refractivity contribution in [1.82, 2.24) is 10.6 Å². The fourth-order valence-corrected chi connectivity index (χ4v) is 3.23. The first-order chi connectivity index (χ1) is 13.0. The topological polar surface area (TPSA) is 58.2 Å². The molecule has 1 saturated heterocycles. The van der Waals surface area contributed by atoms with Crippen molar-refractivity contribution in [3.05, 3.63) is 77.2 Å². The van der Waals surface area contributed by atoms with Crippen molar-refractivity contribution in [2.24, 2.45) is 0 Å². The lowest BCUT2D eigenvalue weighted by molar-refractivity contribution is -0.122. The summed E-state index contributed by atoms with van der Waals surface area (Å²) in [6.07, 6.45) is 1.57. The van der Waals surface area contributed by atoms with Crippen LogP contribution >= 0.6 is 11.6 Å². The standard InChI is InChI=1S/C21H20ClFN2O2/c22-20(14-8-10-16(23)11-9-14)18(13-17-19(26)7-4-12-24-17)25-21(27)15-5-2-1-3-6-15/h1-3,5-6,8-11,17,24H,4,7,12-13H2,(H,25,27)/b20-18-. The average molecular weight is 387 g/mol. The Morgan fingerprint density at radius 2 is 1.81 bits per heavy atom. The molecule has 0 spiro atoms. The molecule has 2 N–H and O–H groups in total. The van der Waals surface area contributed by atoms with Gasteiger partial charge in [-0.2, -0.15) is 0 Å². The first-order valence-electron chi connectivity index (χ1n) is 8.81. The quantitative estimate of drug-likeness (QED) is 0.820. The Labute approximate surface area is 162 Å². The molecule has 1 aliphatic heterocycles. The van der Waals surface area contributed by atoms with Crippen LogP contribution in [0.1, 0.15) is 35.2 Å². The SMILES string of the molecule is O=C(N/C(CC1NCCCC1=O)=C(\Cl)c1ccc(F)cc1)c1ccccc1. The second-order valence-corrected chi connectivity index (χ2v) is 6.78. The lowest BCUT2D eigenvalue weighted by Crippen LogP contribution is -2.43. The summed E-state index contributed by atoms with van der Waals surface area (Å²) >= 11 is 6.53. The molecular formula is C21H20ClFN2O2. The Kier molecular flexibility index (Phi) is 6.37. The van der Waals surface area contributed by atoms with Gasteiger partial charge in [0.1, 0.15) is 11.6 Å². The molecule has 0 saturated carbocycles. The molecule has 6 heteroatoms. The Bertz CT molecular complexity index is 850. The van der Waals surface area contributed by atoms with Gasteiger partial charge in [0, 0.05) is 24.1 Å². The molecule has 3 rings (SSSR count). The Hall–Kier alpha value is -2.50. The zero-order valence-corrected chi connectivity index (χ0v) is 15.4. The van der Waals surface area contributed by atoms with Crippen LogP contribution in [0.25, 0.3) is 5.03 Å². The molecule has 1 aliphatic rings. The van der Waals surface area contributed by atoms with Crippen molar-refractivity contribution in [3.63, 3.8) is 0 Å². The molecule has 1 unspecified atom stereocenters. The fourth-order valence-electron chi connectivity index (χ4n) is 2.98. The van der Waals surface area contributed by atoms with Crippen molar-refractivity contribution < 1.29 is 14.0 Å². The van der Waals surface area contributed by atoms with E-state index in [1.54, 1.807) is 36.4 Å². The highest BCUT2D eigenvalue weighted by atomic mass is 35.5. The predicted molar refractivity (Wildman–Crippen MR) is 104 cm³/mol. The number of benzene rings is 2. The number of halogens is 2. The predicted octanol–water partition coefficient (Wildman–Crippen LogP) is 3.87.